The summed E-state index contributed by atoms with van der Waals surface area (Å²) in [6.45, 7) is 5.33. The van der Waals surface area contributed by atoms with Crippen molar-refractivity contribution in [3.63, 3.8) is 0 Å². The van der Waals surface area contributed by atoms with Crippen molar-refractivity contribution >= 4 is 22.7 Å². The summed E-state index contributed by atoms with van der Waals surface area (Å²) < 4.78 is 12.7. The molecule has 2 aliphatic rings. The molecule has 1 fully saturated rings. The van der Waals surface area contributed by atoms with Crippen molar-refractivity contribution in [2.45, 2.75) is 25.9 Å². The second-order valence-corrected chi connectivity index (χ2v) is 9.22. The average molecular weight is 491 g/mol. The van der Waals surface area contributed by atoms with Gasteiger partial charge in [0.25, 0.3) is 5.91 Å². The second kappa shape index (κ2) is 10.0. The molecule has 188 valence electrons. The molecule has 1 aromatic heterocycles. The third-order valence-corrected chi connectivity index (χ3v) is 6.86. The maximum Gasteiger partial charge on any atom is 0.257 e. The third kappa shape index (κ3) is 4.66. The zero-order valence-corrected chi connectivity index (χ0v) is 20.5. The third-order valence-electron chi connectivity index (χ3n) is 6.86. The van der Waals surface area contributed by atoms with E-state index in [1.54, 1.807) is 23.2 Å². The molecule has 9 nitrogen and oxygen atoms in total. The number of piperazine rings is 1. The average Bonchev–Trinajstić information content (AvgIpc) is 3.36. The molecule has 36 heavy (non-hydrogen) atoms. The van der Waals surface area contributed by atoms with Crippen molar-refractivity contribution in [3.05, 3.63) is 70.0 Å². The number of aromatic nitrogens is 1. The molecular weight excluding hydrogens is 460 g/mol. The molecule has 1 atom stereocenters. The minimum Gasteiger partial charge on any atom is -0.454 e. The fourth-order valence-electron chi connectivity index (χ4n) is 4.74. The number of hydrogen-bond acceptors (Lipinski definition) is 6. The molecule has 1 N–H and O–H groups in total. The van der Waals surface area contributed by atoms with Gasteiger partial charge in [-0.25, -0.2) is 0 Å². The van der Waals surface area contributed by atoms with Crippen LogP contribution in [0.4, 0.5) is 0 Å². The first-order valence-electron chi connectivity index (χ1n) is 12.2. The standard InChI is InChI=1S/C27H30N4O5/c1-3-30-16-20(25(32)19-14-23-24(15-22(19)30)36-17-35-23)26(33)28-21(13-18-7-5-4-6-8-18)27(34)31-11-9-29(2)10-12-31/h4-8,14-16,21H,3,9-13,17H2,1-2H3,(H,28,33). The summed E-state index contributed by atoms with van der Waals surface area (Å²) in [4.78, 5) is 44.4. The van der Waals surface area contributed by atoms with Gasteiger partial charge in [-0.3, -0.25) is 14.4 Å². The van der Waals surface area contributed by atoms with Crippen molar-refractivity contribution in [2.75, 3.05) is 40.0 Å². The largest absolute Gasteiger partial charge is 0.454 e. The molecule has 3 aromatic rings. The minimum atomic E-state index is -0.787. The highest BCUT2D eigenvalue weighted by molar-refractivity contribution is 6.00. The molecule has 0 aliphatic carbocycles. The molecule has 2 amide bonds. The molecule has 2 aliphatic heterocycles. The Hall–Kier alpha value is -3.85. The minimum absolute atomic E-state index is 0.00699. The van der Waals surface area contributed by atoms with Crippen molar-refractivity contribution in [2.24, 2.45) is 0 Å². The van der Waals surface area contributed by atoms with Gasteiger partial charge in [0.05, 0.1) is 10.9 Å². The Kier molecular flexibility index (Phi) is 6.65. The number of ether oxygens (including phenoxy) is 2. The summed E-state index contributed by atoms with van der Waals surface area (Å²) in [5.74, 6) is 0.347. The number of nitrogens with zero attached hydrogens (tertiary/aromatic N) is 3. The maximum absolute atomic E-state index is 13.5. The van der Waals surface area contributed by atoms with Gasteiger partial charge in [0.15, 0.2) is 11.5 Å². The normalized spacial score (nSPS) is 16.2. The van der Waals surface area contributed by atoms with Crippen LogP contribution < -0.4 is 20.2 Å². The molecule has 2 aromatic carbocycles. The maximum atomic E-state index is 13.5. The van der Waals surface area contributed by atoms with Gasteiger partial charge in [-0.05, 0) is 25.6 Å². The predicted molar refractivity (Wildman–Crippen MR) is 135 cm³/mol. The Labute approximate surface area is 209 Å². The smallest absolute Gasteiger partial charge is 0.257 e. The Morgan fingerprint density at radius 1 is 1.03 bits per heavy atom. The highest BCUT2D eigenvalue weighted by Gasteiger charge is 2.30. The summed E-state index contributed by atoms with van der Waals surface area (Å²) in [5.41, 5.74) is 1.18. The van der Waals surface area contributed by atoms with E-state index in [9.17, 15) is 14.4 Å². The highest BCUT2D eigenvalue weighted by Crippen LogP contribution is 2.35. The first-order valence-corrected chi connectivity index (χ1v) is 12.2. The van der Waals surface area contributed by atoms with Crippen LogP contribution in [-0.4, -0.2) is 72.2 Å². The van der Waals surface area contributed by atoms with Gasteiger partial charge in [-0.1, -0.05) is 30.3 Å². The number of rotatable bonds is 6. The van der Waals surface area contributed by atoms with E-state index in [4.69, 9.17) is 9.47 Å². The van der Waals surface area contributed by atoms with E-state index < -0.39 is 17.4 Å². The van der Waals surface area contributed by atoms with E-state index in [2.05, 4.69) is 10.2 Å². The van der Waals surface area contributed by atoms with E-state index in [1.165, 1.54) is 0 Å². The van der Waals surface area contributed by atoms with Gasteiger partial charge in [0, 0.05) is 51.4 Å². The van der Waals surface area contributed by atoms with Crippen LogP contribution in [-0.2, 0) is 17.8 Å². The Morgan fingerprint density at radius 2 is 1.72 bits per heavy atom. The summed E-state index contributed by atoms with van der Waals surface area (Å²) in [6.07, 6.45) is 1.90. The van der Waals surface area contributed by atoms with Crippen LogP contribution in [0, 0.1) is 0 Å². The lowest BCUT2D eigenvalue weighted by molar-refractivity contribution is -0.134. The zero-order chi connectivity index (χ0) is 25.2. The van der Waals surface area contributed by atoms with Gasteiger partial charge in [-0.15, -0.1) is 0 Å². The first-order chi connectivity index (χ1) is 17.4. The number of aryl methyl sites for hydroxylation is 1. The van der Waals surface area contributed by atoms with Crippen LogP contribution in [0.25, 0.3) is 10.9 Å². The monoisotopic (exact) mass is 490 g/mol. The highest BCUT2D eigenvalue weighted by atomic mass is 16.7. The quantitative estimate of drug-likeness (QED) is 0.567. The molecule has 9 heteroatoms. The molecule has 5 rings (SSSR count). The van der Waals surface area contributed by atoms with Crippen LogP contribution in [0.3, 0.4) is 0 Å². The second-order valence-electron chi connectivity index (χ2n) is 9.22. The van der Waals surface area contributed by atoms with Gasteiger partial charge in [-0.2, -0.15) is 0 Å². The van der Waals surface area contributed by atoms with E-state index >= 15 is 0 Å². The van der Waals surface area contributed by atoms with Crippen molar-refractivity contribution in [1.29, 1.82) is 0 Å². The number of fused-ring (bicyclic) bond motifs is 2. The number of pyridine rings is 1. The predicted octanol–water partition coefficient (Wildman–Crippen LogP) is 1.87. The topological polar surface area (TPSA) is 93.1 Å². The number of amides is 2. The van der Waals surface area contributed by atoms with Crippen LogP contribution in [0.1, 0.15) is 22.8 Å². The molecular formula is C27H30N4O5. The van der Waals surface area contributed by atoms with E-state index in [0.717, 1.165) is 18.7 Å². The van der Waals surface area contributed by atoms with E-state index in [0.29, 0.717) is 48.5 Å². The molecule has 1 saturated heterocycles. The molecule has 3 heterocycles. The number of likely N-dealkylation sites (N-methyl/N-ethyl adjacent to an activating group) is 1. The summed E-state index contributed by atoms with van der Waals surface area (Å²) in [7, 11) is 2.02. The lowest BCUT2D eigenvalue weighted by Crippen LogP contribution is -2.55. The fraction of sp³-hybridized carbons (Fsp3) is 0.370. The van der Waals surface area contributed by atoms with Crippen LogP contribution in [0.5, 0.6) is 11.5 Å². The number of carbonyl (C=O) groups is 2. The number of nitrogens with one attached hydrogen (secondary N) is 1. The summed E-state index contributed by atoms with van der Waals surface area (Å²) >= 11 is 0. The lowest BCUT2D eigenvalue weighted by atomic mass is 10.0. The SMILES string of the molecule is CCn1cc(C(=O)NC(Cc2ccccc2)C(=O)N2CCN(C)CC2)c(=O)c2cc3c(cc21)OCO3. The Balaban J connectivity index is 1.47. The first kappa shape index (κ1) is 23.9. The van der Waals surface area contributed by atoms with Gasteiger partial charge in [0.1, 0.15) is 11.6 Å². The molecule has 0 spiro atoms. The molecule has 0 radical (unpaired) electrons. The Morgan fingerprint density at radius 3 is 2.42 bits per heavy atom. The number of hydrogen-bond donors (Lipinski definition) is 1. The molecule has 0 saturated carbocycles. The van der Waals surface area contributed by atoms with Crippen molar-refractivity contribution < 1.29 is 19.1 Å². The number of carbonyl (C=O) groups excluding carboxylic acids is 2. The van der Waals surface area contributed by atoms with Gasteiger partial charge >= 0.3 is 0 Å². The Bertz CT molecular complexity index is 1350. The molecule has 1 unspecified atom stereocenters. The molecule has 0 bridgehead atoms. The van der Waals surface area contributed by atoms with Crippen LogP contribution in [0.2, 0.25) is 0 Å². The lowest BCUT2D eigenvalue weighted by Gasteiger charge is -2.34. The van der Waals surface area contributed by atoms with Gasteiger partial charge < -0.3 is 29.2 Å². The zero-order valence-electron chi connectivity index (χ0n) is 20.5. The van der Waals surface area contributed by atoms with Crippen molar-refractivity contribution in [3.8, 4) is 11.5 Å². The summed E-state index contributed by atoms with van der Waals surface area (Å²) in [5, 5.41) is 3.26. The van der Waals surface area contributed by atoms with Crippen LogP contribution in [0.15, 0.2) is 53.5 Å². The van der Waals surface area contributed by atoms with Gasteiger partial charge in [0.2, 0.25) is 18.1 Å². The van der Waals surface area contributed by atoms with Crippen molar-refractivity contribution in [1.82, 2.24) is 19.7 Å². The van der Waals surface area contributed by atoms with E-state index in [1.807, 2.05) is 48.9 Å². The number of benzene rings is 2. The van der Waals surface area contributed by atoms with E-state index in [-0.39, 0.29) is 18.3 Å². The summed E-state index contributed by atoms with van der Waals surface area (Å²) in [6, 6.07) is 12.2. The fourth-order valence-corrected chi connectivity index (χ4v) is 4.74. The van der Waals surface area contributed by atoms with Crippen LogP contribution >= 0.6 is 0 Å².